The van der Waals surface area contributed by atoms with E-state index in [2.05, 4.69) is 16.7 Å². The molecule has 0 aromatic heterocycles. The maximum absolute atomic E-state index is 13.9. The van der Waals surface area contributed by atoms with Gasteiger partial charge in [-0.25, -0.2) is 4.39 Å². The average molecular weight is 589 g/mol. The van der Waals surface area contributed by atoms with Crippen LogP contribution >= 0.6 is 0 Å². The Bertz CT molecular complexity index is 1390. The minimum atomic E-state index is -4.91. The van der Waals surface area contributed by atoms with Gasteiger partial charge in [-0.3, -0.25) is 9.59 Å². The number of allylic oxidation sites excluding steroid dienone is 1. The normalized spacial score (nSPS) is 24.6. The highest BCUT2D eigenvalue weighted by atomic mass is 19.4. The van der Waals surface area contributed by atoms with Crippen LogP contribution < -0.4 is 15.4 Å². The maximum Gasteiger partial charge on any atom is 0.419 e. The Balaban J connectivity index is 1.42. The molecule has 3 aliphatic rings. The Kier molecular flexibility index (Phi) is 8.13. The largest absolute Gasteiger partial charge is 0.496 e. The Morgan fingerprint density at radius 2 is 1.76 bits per heavy atom. The summed E-state index contributed by atoms with van der Waals surface area (Å²) in [6, 6.07) is 7.07. The number of aliphatic hydroxyl groups is 1. The third-order valence-corrected chi connectivity index (χ3v) is 8.62. The molecule has 42 heavy (non-hydrogen) atoms. The minimum Gasteiger partial charge on any atom is -0.496 e. The van der Waals surface area contributed by atoms with E-state index in [1.807, 2.05) is 6.07 Å². The number of methoxy groups -OCH3 is 1. The lowest BCUT2D eigenvalue weighted by Gasteiger charge is -2.30. The number of hydrogen-bond acceptors (Lipinski definition) is 4. The molecule has 3 aliphatic carbocycles. The lowest BCUT2D eigenvalue weighted by molar-refractivity contribution is -0.140. The number of carbonyl (C=O) groups excluding carboxylic acids is 2. The maximum atomic E-state index is 13.9. The summed E-state index contributed by atoms with van der Waals surface area (Å²) in [5.41, 5.74) is -0.213. The molecule has 3 N–H and O–H groups in total. The molecule has 226 valence electrons. The van der Waals surface area contributed by atoms with Crippen molar-refractivity contribution in [2.75, 3.05) is 12.4 Å². The molecule has 3 fully saturated rings. The molecule has 2 bridgehead atoms. The molecular weight excluding hydrogens is 552 g/mol. The van der Waals surface area contributed by atoms with E-state index in [0.29, 0.717) is 42.2 Å². The molecule has 2 unspecified atom stereocenters. The van der Waals surface area contributed by atoms with E-state index >= 15 is 0 Å². The van der Waals surface area contributed by atoms with Gasteiger partial charge in [0.15, 0.2) is 0 Å². The van der Waals surface area contributed by atoms with Crippen LogP contribution in [0.1, 0.15) is 67.4 Å². The highest BCUT2D eigenvalue weighted by Crippen LogP contribution is 2.54. The van der Waals surface area contributed by atoms with Crippen molar-refractivity contribution in [1.82, 2.24) is 5.32 Å². The van der Waals surface area contributed by atoms with Crippen LogP contribution in [0.4, 0.5) is 23.2 Å². The number of halogens is 4. The lowest BCUT2D eigenvalue weighted by atomic mass is 9.83. The van der Waals surface area contributed by atoms with Gasteiger partial charge in [0.2, 0.25) is 5.91 Å². The monoisotopic (exact) mass is 588 g/mol. The molecule has 6 nitrogen and oxygen atoms in total. The second kappa shape index (κ2) is 11.4. The Morgan fingerprint density at radius 1 is 1.05 bits per heavy atom. The Hall–Kier alpha value is -3.40. The van der Waals surface area contributed by atoms with E-state index in [9.17, 15) is 32.3 Å². The number of benzene rings is 2. The first-order chi connectivity index (χ1) is 19.7. The Labute approximate surface area is 242 Å². The summed E-state index contributed by atoms with van der Waals surface area (Å²) in [7, 11) is 1.46. The summed E-state index contributed by atoms with van der Waals surface area (Å²) >= 11 is 0. The van der Waals surface area contributed by atoms with E-state index in [4.69, 9.17) is 4.74 Å². The molecule has 0 aliphatic heterocycles. The van der Waals surface area contributed by atoms with E-state index in [-0.39, 0.29) is 17.5 Å². The van der Waals surface area contributed by atoms with Crippen LogP contribution in [0.3, 0.4) is 0 Å². The van der Waals surface area contributed by atoms with Crippen molar-refractivity contribution in [3.05, 3.63) is 70.6 Å². The zero-order valence-electron chi connectivity index (χ0n) is 23.9. The van der Waals surface area contributed by atoms with E-state index < -0.39 is 46.9 Å². The predicted molar refractivity (Wildman–Crippen MR) is 149 cm³/mol. The van der Waals surface area contributed by atoms with Gasteiger partial charge in [0.05, 0.1) is 29.8 Å². The molecule has 0 radical (unpaired) electrons. The van der Waals surface area contributed by atoms with Crippen molar-refractivity contribution in [2.45, 2.75) is 70.2 Å². The molecule has 2 amide bonds. The van der Waals surface area contributed by atoms with Crippen LogP contribution in [0.25, 0.3) is 0 Å². The summed E-state index contributed by atoms with van der Waals surface area (Å²) in [5.74, 6) is -2.47. The van der Waals surface area contributed by atoms with Crippen molar-refractivity contribution in [1.29, 1.82) is 0 Å². The third kappa shape index (κ3) is 6.48. The Morgan fingerprint density at radius 3 is 2.40 bits per heavy atom. The number of rotatable bonds is 9. The fraction of sp³-hybridized carbons (Fsp3) is 0.500. The molecule has 0 saturated heterocycles. The smallest absolute Gasteiger partial charge is 0.419 e. The second-order valence-electron chi connectivity index (χ2n) is 12.3. The van der Waals surface area contributed by atoms with Crippen molar-refractivity contribution in [3.8, 4) is 5.75 Å². The SMILES string of the molecule is COc1ccc(CCC(C)(C)O)cc1C(=O)N[C@@H]1C2CCC(/C2=C/C2CC2)[C@@H]1C(=O)Nc1ccc(F)c(C(F)(F)F)c1. The number of nitrogens with one attached hydrogen (secondary N) is 2. The molecule has 5 rings (SSSR count). The number of amides is 2. The second-order valence-corrected chi connectivity index (χ2v) is 12.3. The van der Waals surface area contributed by atoms with Crippen molar-refractivity contribution in [3.63, 3.8) is 0 Å². The third-order valence-electron chi connectivity index (χ3n) is 8.62. The van der Waals surface area contributed by atoms with Gasteiger partial charge in [-0.15, -0.1) is 0 Å². The lowest BCUT2D eigenvalue weighted by Crippen LogP contribution is -2.48. The standard InChI is InChI=1S/C32H36F4N2O4/c1-31(2,41)13-12-18-6-11-26(42-3)23(15-18)29(39)38-28-21-9-8-20(22(21)14-17-4-5-17)27(28)30(40)37-19-7-10-25(33)24(16-19)32(34,35)36/h6-7,10-11,14-17,20-21,27-28,41H,4-5,8-9,12-13H2,1-3H3,(H,37,40)(H,38,39)/b22-14-/t20?,21?,27-,28+/m0/s1. The fourth-order valence-corrected chi connectivity index (χ4v) is 6.37. The number of anilines is 1. The molecule has 2 aromatic rings. The quantitative estimate of drug-likeness (QED) is 0.238. The van der Waals surface area contributed by atoms with Crippen molar-refractivity contribution in [2.24, 2.45) is 23.7 Å². The van der Waals surface area contributed by atoms with Gasteiger partial charge in [0, 0.05) is 17.6 Å². The van der Waals surface area contributed by atoms with Gasteiger partial charge < -0.3 is 20.5 Å². The molecule has 0 spiro atoms. The predicted octanol–water partition coefficient (Wildman–Crippen LogP) is 6.29. The molecular formula is C32H36F4N2O4. The first kappa shape index (κ1) is 30.1. The van der Waals surface area contributed by atoms with Crippen molar-refractivity contribution >= 4 is 17.5 Å². The van der Waals surface area contributed by atoms with E-state index in [1.54, 1.807) is 26.0 Å². The van der Waals surface area contributed by atoms with Gasteiger partial charge in [-0.1, -0.05) is 17.7 Å². The van der Waals surface area contributed by atoms with Gasteiger partial charge >= 0.3 is 6.18 Å². The highest BCUT2D eigenvalue weighted by Gasteiger charge is 2.55. The van der Waals surface area contributed by atoms with Crippen LogP contribution in [0, 0.1) is 29.5 Å². The van der Waals surface area contributed by atoms with Crippen molar-refractivity contribution < 1.29 is 37.0 Å². The van der Waals surface area contributed by atoms with Gasteiger partial charge in [0.25, 0.3) is 5.91 Å². The van der Waals surface area contributed by atoms with Crippen LogP contribution in [-0.2, 0) is 17.4 Å². The highest BCUT2D eigenvalue weighted by molar-refractivity contribution is 5.99. The summed E-state index contributed by atoms with van der Waals surface area (Å²) in [6.07, 6.45) is 2.00. The molecule has 10 heteroatoms. The number of hydrogen-bond donors (Lipinski definition) is 3. The summed E-state index contributed by atoms with van der Waals surface area (Å²) < 4.78 is 59.2. The number of aryl methyl sites for hydroxylation is 1. The topological polar surface area (TPSA) is 87.7 Å². The van der Waals surface area contributed by atoms with Crippen LogP contribution in [0.2, 0.25) is 0 Å². The minimum absolute atomic E-state index is 0.0707. The van der Waals surface area contributed by atoms with E-state index in [0.717, 1.165) is 42.9 Å². The first-order valence-electron chi connectivity index (χ1n) is 14.3. The number of carbonyl (C=O) groups is 2. The zero-order chi connectivity index (χ0) is 30.4. The fourth-order valence-electron chi connectivity index (χ4n) is 6.37. The number of fused-ring (bicyclic) bond motifs is 2. The average Bonchev–Trinajstić information content (AvgIpc) is 3.59. The van der Waals surface area contributed by atoms with Gasteiger partial charge in [0.1, 0.15) is 11.6 Å². The number of alkyl halides is 3. The van der Waals surface area contributed by atoms with Gasteiger partial charge in [-0.05, 0) is 100 Å². The number of ether oxygens (including phenoxy) is 1. The summed E-state index contributed by atoms with van der Waals surface area (Å²) in [5, 5.41) is 15.8. The summed E-state index contributed by atoms with van der Waals surface area (Å²) in [6.45, 7) is 3.43. The van der Waals surface area contributed by atoms with Crippen LogP contribution in [0.5, 0.6) is 5.75 Å². The molecule has 0 heterocycles. The van der Waals surface area contributed by atoms with Crippen LogP contribution in [0.15, 0.2) is 48.0 Å². The molecule has 2 aromatic carbocycles. The van der Waals surface area contributed by atoms with Gasteiger partial charge in [-0.2, -0.15) is 13.2 Å². The molecule has 4 atom stereocenters. The zero-order valence-corrected chi connectivity index (χ0v) is 23.9. The molecule has 3 saturated carbocycles. The van der Waals surface area contributed by atoms with E-state index in [1.165, 1.54) is 7.11 Å². The summed E-state index contributed by atoms with van der Waals surface area (Å²) in [4.78, 5) is 27.4. The first-order valence-corrected chi connectivity index (χ1v) is 14.3. The van der Waals surface area contributed by atoms with Crippen LogP contribution in [-0.4, -0.2) is 35.7 Å².